The second kappa shape index (κ2) is 9.14. The summed E-state index contributed by atoms with van der Waals surface area (Å²) < 4.78 is 7.38. The minimum atomic E-state index is 0.328. The van der Waals surface area contributed by atoms with E-state index in [4.69, 9.17) is 4.74 Å². The van der Waals surface area contributed by atoms with Crippen LogP contribution in [-0.2, 0) is 11.2 Å². The molecule has 1 aromatic heterocycles. The Kier molecular flexibility index (Phi) is 7.85. The Balaban J connectivity index is 2.53. The van der Waals surface area contributed by atoms with Crippen molar-refractivity contribution in [2.24, 2.45) is 0 Å². The van der Waals surface area contributed by atoms with Crippen LogP contribution in [0, 0.1) is 0 Å². The molecule has 2 atom stereocenters. The summed E-state index contributed by atoms with van der Waals surface area (Å²) in [6.45, 7) is 9.71. The molecule has 0 amide bonds. The fraction of sp³-hybridized carbons (Fsp3) is 0.812. The van der Waals surface area contributed by atoms with Gasteiger partial charge in [-0.1, -0.05) is 6.92 Å². The van der Waals surface area contributed by atoms with Crippen LogP contribution < -0.4 is 5.32 Å². The Morgan fingerprint density at radius 2 is 2.05 bits per heavy atom. The lowest BCUT2D eigenvalue weighted by Gasteiger charge is -2.19. The number of rotatable bonds is 10. The fourth-order valence-electron chi connectivity index (χ4n) is 2.20. The largest absolute Gasteiger partial charge is 0.382 e. The van der Waals surface area contributed by atoms with Crippen molar-refractivity contribution in [1.82, 2.24) is 15.1 Å². The number of nitrogens with one attached hydrogen (secondary N) is 1. The van der Waals surface area contributed by atoms with Gasteiger partial charge < -0.3 is 10.1 Å². The van der Waals surface area contributed by atoms with Crippen molar-refractivity contribution in [3.05, 3.63) is 18.0 Å². The molecule has 1 rings (SSSR count). The first-order chi connectivity index (χ1) is 9.56. The molecule has 0 saturated carbocycles. The summed E-state index contributed by atoms with van der Waals surface area (Å²) in [4.78, 5) is 0. The quantitative estimate of drug-likeness (QED) is 0.716. The molecule has 1 N–H and O–H groups in total. The van der Waals surface area contributed by atoms with Crippen LogP contribution in [0.4, 0.5) is 0 Å². The van der Waals surface area contributed by atoms with Crippen LogP contribution in [0.1, 0.15) is 58.7 Å². The van der Waals surface area contributed by atoms with Crippen LogP contribution in [0.2, 0.25) is 0 Å². The zero-order chi connectivity index (χ0) is 15.0. The summed E-state index contributed by atoms with van der Waals surface area (Å²) in [7, 11) is 1.78. The third-order valence-corrected chi connectivity index (χ3v) is 3.66. The second-order valence-corrected chi connectivity index (χ2v) is 5.86. The van der Waals surface area contributed by atoms with Gasteiger partial charge >= 0.3 is 0 Å². The van der Waals surface area contributed by atoms with Gasteiger partial charge in [0, 0.05) is 31.8 Å². The molecule has 0 spiro atoms. The van der Waals surface area contributed by atoms with E-state index in [2.05, 4.69) is 50.4 Å². The molecule has 0 saturated heterocycles. The predicted molar refractivity (Wildman–Crippen MR) is 84.1 cm³/mol. The van der Waals surface area contributed by atoms with Crippen molar-refractivity contribution >= 4 is 0 Å². The zero-order valence-electron chi connectivity index (χ0n) is 13.7. The number of hydrogen-bond acceptors (Lipinski definition) is 3. The van der Waals surface area contributed by atoms with E-state index in [1.807, 2.05) is 4.68 Å². The van der Waals surface area contributed by atoms with Gasteiger partial charge in [0.15, 0.2) is 0 Å². The molecular weight excluding hydrogens is 250 g/mol. The monoisotopic (exact) mass is 281 g/mol. The van der Waals surface area contributed by atoms with Crippen molar-refractivity contribution in [3.8, 4) is 0 Å². The van der Waals surface area contributed by atoms with Gasteiger partial charge in [-0.25, -0.2) is 0 Å². The van der Waals surface area contributed by atoms with Crippen molar-refractivity contribution in [2.45, 2.75) is 71.6 Å². The lowest BCUT2D eigenvalue weighted by Crippen LogP contribution is -2.33. The Hall–Kier alpha value is -0.870. The van der Waals surface area contributed by atoms with Gasteiger partial charge in [-0.3, -0.25) is 4.68 Å². The molecule has 4 nitrogen and oxygen atoms in total. The third-order valence-electron chi connectivity index (χ3n) is 3.66. The highest BCUT2D eigenvalue weighted by atomic mass is 16.5. The van der Waals surface area contributed by atoms with E-state index in [-0.39, 0.29) is 0 Å². The number of aromatic nitrogens is 2. The smallest absolute Gasteiger partial charge is 0.0640 e. The Bertz CT molecular complexity index is 362. The summed E-state index contributed by atoms with van der Waals surface area (Å²) in [5.41, 5.74) is 1.18. The standard InChI is InChI=1S/C16H31N3O/c1-6-10-17-15(8-7-14(4)20-5)12-16-9-11-19(18-16)13(2)3/h9,11,13-15,17H,6-8,10,12H2,1-5H3. The molecule has 116 valence electrons. The normalized spacial score (nSPS) is 14.7. The number of hydrogen-bond donors (Lipinski definition) is 1. The van der Waals surface area contributed by atoms with E-state index in [0.29, 0.717) is 18.2 Å². The summed E-state index contributed by atoms with van der Waals surface area (Å²) in [5, 5.41) is 8.28. The molecule has 0 fully saturated rings. The fourth-order valence-corrected chi connectivity index (χ4v) is 2.20. The predicted octanol–water partition coefficient (Wildman–Crippen LogP) is 3.19. The van der Waals surface area contributed by atoms with Gasteiger partial charge in [-0.15, -0.1) is 0 Å². The highest BCUT2D eigenvalue weighted by molar-refractivity contribution is 5.02. The van der Waals surface area contributed by atoms with Crippen LogP contribution in [-0.4, -0.2) is 35.6 Å². The summed E-state index contributed by atoms with van der Waals surface area (Å²) in [5.74, 6) is 0. The summed E-state index contributed by atoms with van der Waals surface area (Å²) in [6, 6.07) is 3.06. The highest BCUT2D eigenvalue weighted by Crippen LogP contribution is 2.11. The van der Waals surface area contributed by atoms with E-state index in [0.717, 1.165) is 32.2 Å². The maximum Gasteiger partial charge on any atom is 0.0640 e. The Labute approximate surface area is 123 Å². The van der Waals surface area contributed by atoms with E-state index >= 15 is 0 Å². The van der Waals surface area contributed by atoms with Gasteiger partial charge in [0.2, 0.25) is 0 Å². The molecule has 0 radical (unpaired) electrons. The zero-order valence-corrected chi connectivity index (χ0v) is 13.7. The van der Waals surface area contributed by atoms with E-state index < -0.39 is 0 Å². The molecule has 1 heterocycles. The number of ether oxygens (including phenoxy) is 1. The average Bonchev–Trinajstić information content (AvgIpc) is 2.90. The molecule has 4 heteroatoms. The van der Waals surface area contributed by atoms with Gasteiger partial charge in [0.1, 0.15) is 0 Å². The maximum absolute atomic E-state index is 5.34. The Morgan fingerprint density at radius 1 is 1.30 bits per heavy atom. The van der Waals surface area contributed by atoms with Gasteiger partial charge in [-0.2, -0.15) is 5.10 Å². The first-order valence-electron chi connectivity index (χ1n) is 7.87. The molecule has 1 aromatic rings. The number of methoxy groups -OCH3 is 1. The first kappa shape index (κ1) is 17.2. The molecule has 0 aliphatic rings. The first-order valence-corrected chi connectivity index (χ1v) is 7.87. The van der Waals surface area contributed by atoms with Gasteiger partial charge in [0.25, 0.3) is 0 Å². The summed E-state index contributed by atoms with van der Waals surface area (Å²) in [6.07, 6.45) is 6.78. The SMILES string of the molecule is CCCNC(CCC(C)OC)Cc1ccn(C(C)C)n1. The maximum atomic E-state index is 5.34. The van der Waals surface area contributed by atoms with Crippen LogP contribution in [0.5, 0.6) is 0 Å². The molecular formula is C16H31N3O. The number of nitrogens with zero attached hydrogens (tertiary/aromatic N) is 2. The lowest BCUT2D eigenvalue weighted by molar-refractivity contribution is 0.106. The summed E-state index contributed by atoms with van der Waals surface area (Å²) >= 11 is 0. The lowest BCUT2D eigenvalue weighted by atomic mass is 10.0. The average molecular weight is 281 g/mol. The van der Waals surface area contributed by atoms with Gasteiger partial charge in [0.05, 0.1) is 11.8 Å². The minimum absolute atomic E-state index is 0.328. The van der Waals surface area contributed by atoms with Crippen molar-refractivity contribution in [3.63, 3.8) is 0 Å². The van der Waals surface area contributed by atoms with E-state index in [1.54, 1.807) is 7.11 Å². The molecule has 0 bridgehead atoms. The van der Waals surface area contributed by atoms with E-state index in [1.165, 1.54) is 5.69 Å². The topological polar surface area (TPSA) is 39.1 Å². The van der Waals surface area contributed by atoms with Gasteiger partial charge in [-0.05, 0) is 52.6 Å². The molecule has 0 aromatic carbocycles. The van der Waals surface area contributed by atoms with Crippen molar-refractivity contribution in [1.29, 1.82) is 0 Å². The minimum Gasteiger partial charge on any atom is -0.382 e. The van der Waals surface area contributed by atoms with Crippen LogP contribution >= 0.6 is 0 Å². The van der Waals surface area contributed by atoms with Crippen LogP contribution in [0.25, 0.3) is 0 Å². The van der Waals surface area contributed by atoms with Crippen molar-refractivity contribution < 1.29 is 4.74 Å². The third kappa shape index (κ3) is 6.06. The molecule has 0 aliphatic carbocycles. The van der Waals surface area contributed by atoms with Crippen LogP contribution in [0.3, 0.4) is 0 Å². The highest BCUT2D eigenvalue weighted by Gasteiger charge is 2.13. The van der Waals surface area contributed by atoms with Crippen molar-refractivity contribution in [2.75, 3.05) is 13.7 Å². The van der Waals surface area contributed by atoms with Crippen LogP contribution in [0.15, 0.2) is 12.3 Å². The molecule has 0 aliphatic heterocycles. The molecule has 20 heavy (non-hydrogen) atoms. The second-order valence-electron chi connectivity index (χ2n) is 5.86. The molecule has 2 unspecified atom stereocenters. The Morgan fingerprint density at radius 3 is 2.60 bits per heavy atom. The van der Waals surface area contributed by atoms with E-state index in [9.17, 15) is 0 Å².